The summed E-state index contributed by atoms with van der Waals surface area (Å²) in [4.78, 5) is 16.5. The van der Waals surface area contributed by atoms with Crippen molar-refractivity contribution in [2.75, 3.05) is 5.32 Å². The minimum absolute atomic E-state index is 0.0150. The van der Waals surface area contributed by atoms with Crippen molar-refractivity contribution in [3.8, 4) is 17.0 Å². The monoisotopic (exact) mass is 466 g/mol. The minimum Gasteiger partial charge on any atom is -0.464 e. The van der Waals surface area contributed by atoms with E-state index in [0.29, 0.717) is 23.5 Å². The average molecular weight is 466 g/mol. The molecule has 1 aromatic carbocycles. The van der Waals surface area contributed by atoms with E-state index in [-0.39, 0.29) is 17.3 Å². The summed E-state index contributed by atoms with van der Waals surface area (Å²) >= 11 is 0. The number of furan rings is 1. The van der Waals surface area contributed by atoms with Crippen molar-refractivity contribution in [2.45, 2.75) is 12.4 Å². The Hall–Kier alpha value is -4.09. The molecule has 0 aliphatic rings. The fourth-order valence-corrected chi connectivity index (χ4v) is 3.00. The Morgan fingerprint density at radius 2 is 1.76 bits per heavy atom. The zero-order chi connectivity index (χ0) is 23.8. The standard InChI is InChI=1S/C21H12F6N4O2/c22-20(23,24)14-3-4-17(16(7-14)21(25,26)27)31-11-15(10-29-31)30-19(32)13-6-12(8-28-9-13)18-2-1-5-33-18/h1-11H,(H,30,32). The lowest BCUT2D eigenvalue weighted by Gasteiger charge is -2.15. The molecule has 0 saturated carbocycles. The lowest BCUT2D eigenvalue weighted by molar-refractivity contribution is -0.143. The van der Waals surface area contributed by atoms with Crippen LogP contribution >= 0.6 is 0 Å². The maximum absolute atomic E-state index is 13.4. The predicted octanol–water partition coefficient (Wildman–Crippen LogP) is 5.82. The molecule has 0 aliphatic heterocycles. The van der Waals surface area contributed by atoms with Crippen molar-refractivity contribution >= 4 is 11.6 Å². The van der Waals surface area contributed by atoms with E-state index in [4.69, 9.17) is 4.42 Å². The van der Waals surface area contributed by atoms with E-state index in [1.807, 2.05) is 0 Å². The van der Waals surface area contributed by atoms with Gasteiger partial charge in [0.05, 0.1) is 46.7 Å². The van der Waals surface area contributed by atoms with E-state index >= 15 is 0 Å². The number of amides is 1. The third-order valence-electron chi connectivity index (χ3n) is 4.52. The number of nitrogens with zero attached hydrogens (tertiary/aromatic N) is 3. The summed E-state index contributed by atoms with van der Waals surface area (Å²) in [6.07, 6.45) is -3.67. The molecular weight excluding hydrogens is 454 g/mol. The van der Waals surface area contributed by atoms with Gasteiger partial charge < -0.3 is 9.73 Å². The SMILES string of the molecule is O=C(Nc1cnn(-c2ccc(C(F)(F)F)cc2C(F)(F)F)c1)c1cncc(-c2ccco2)c1. The normalized spacial score (nSPS) is 12.1. The summed E-state index contributed by atoms with van der Waals surface area (Å²) in [7, 11) is 0. The molecule has 6 nitrogen and oxygen atoms in total. The first-order chi connectivity index (χ1) is 15.5. The number of aromatic nitrogens is 3. The van der Waals surface area contributed by atoms with Crippen molar-refractivity contribution in [3.63, 3.8) is 0 Å². The van der Waals surface area contributed by atoms with E-state index < -0.39 is 35.1 Å². The first-order valence-corrected chi connectivity index (χ1v) is 9.16. The third kappa shape index (κ3) is 4.73. The average Bonchev–Trinajstić information content (AvgIpc) is 3.44. The van der Waals surface area contributed by atoms with E-state index in [0.717, 1.165) is 17.1 Å². The summed E-state index contributed by atoms with van der Waals surface area (Å²) in [6, 6.07) is 6.04. The van der Waals surface area contributed by atoms with Crippen LogP contribution in [0.3, 0.4) is 0 Å². The van der Waals surface area contributed by atoms with Crippen LogP contribution in [-0.2, 0) is 12.4 Å². The predicted molar refractivity (Wildman–Crippen MR) is 103 cm³/mol. The zero-order valence-electron chi connectivity index (χ0n) is 16.3. The van der Waals surface area contributed by atoms with Gasteiger partial charge in [0.15, 0.2) is 0 Å². The second kappa shape index (κ2) is 8.11. The van der Waals surface area contributed by atoms with Crippen LogP contribution < -0.4 is 5.32 Å². The fraction of sp³-hybridized carbons (Fsp3) is 0.0952. The van der Waals surface area contributed by atoms with Crippen LogP contribution in [-0.4, -0.2) is 20.7 Å². The lowest BCUT2D eigenvalue weighted by atomic mass is 10.1. The first-order valence-electron chi connectivity index (χ1n) is 9.16. The van der Waals surface area contributed by atoms with Crippen LogP contribution in [0.25, 0.3) is 17.0 Å². The zero-order valence-corrected chi connectivity index (χ0v) is 16.3. The molecule has 1 amide bonds. The van der Waals surface area contributed by atoms with Crippen LogP contribution in [0.5, 0.6) is 0 Å². The maximum Gasteiger partial charge on any atom is 0.418 e. The van der Waals surface area contributed by atoms with Crippen molar-refractivity contribution in [1.29, 1.82) is 0 Å². The molecule has 0 spiro atoms. The summed E-state index contributed by atoms with van der Waals surface area (Å²) < 4.78 is 84.8. The minimum atomic E-state index is -5.07. The number of nitrogens with one attached hydrogen (secondary N) is 1. The van der Waals surface area contributed by atoms with Gasteiger partial charge in [0.25, 0.3) is 5.91 Å². The molecule has 0 radical (unpaired) electrons. The Bertz CT molecular complexity index is 1290. The third-order valence-corrected chi connectivity index (χ3v) is 4.52. The Balaban J connectivity index is 1.60. The van der Waals surface area contributed by atoms with Gasteiger partial charge in [-0.25, -0.2) is 4.68 Å². The van der Waals surface area contributed by atoms with Gasteiger partial charge in [-0.05, 0) is 36.4 Å². The van der Waals surface area contributed by atoms with Crippen LogP contribution in [0.4, 0.5) is 32.0 Å². The van der Waals surface area contributed by atoms with Crippen molar-refractivity contribution in [3.05, 3.63) is 84.1 Å². The Morgan fingerprint density at radius 1 is 0.970 bits per heavy atom. The molecule has 0 atom stereocenters. The number of carbonyl (C=O) groups excluding carboxylic acids is 1. The molecule has 1 N–H and O–H groups in total. The number of halogens is 6. The fourth-order valence-electron chi connectivity index (χ4n) is 3.00. The molecule has 4 aromatic rings. The van der Waals surface area contributed by atoms with Crippen LogP contribution in [0, 0.1) is 0 Å². The van der Waals surface area contributed by atoms with Gasteiger partial charge in [-0.1, -0.05) is 0 Å². The molecule has 170 valence electrons. The van der Waals surface area contributed by atoms with Gasteiger partial charge in [-0.15, -0.1) is 0 Å². The van der Waals surface area contributed by atoms with E-state index in [9.17, 15) is 31.1 Å². The molecule has 33 heavy (non-hydrogen) atoms. The summed E-state index contributed by atoms with van der Waals surface area (Å²) in [6.45, 7) is 0. The molecule has 3 aromatic heterocycles. The second-order valence-electron chi connectivity index (χ2n) is 6.79. The van der Waals surface area contributed by atoms with Crippen LogP contribution in [0.15, 0.2) is 71.9 Å². The first kappa shape index (κ1) is 22.1. The van der Waals surface area contributed by atoms with Gasteiger partial charge in [-0.3, -0.25) is 9.78 Å². The number of anilines is 1. The van der Waals surface area contributed by atoms with Gasteiger partial charge in [0, 0.05) is 18.0 Å². The Morgan fingerprint density at radius 3 is 2.42 bits per heavy atom. The maximum atomic E-state index is 13.4. The highest BCUT2D eigenvalue weighted by Crippen LogP contribution is 2.38. The van der Waals surface area contributed by atoms with E-state index in [2.05, 4.69) is 15.4 Å². The smallest absolute Gasteiger partial charge is 0.418 e. The number of hydrogen-bond donors (Lipinski definition) is 1. The molecule has 0 saturated heterocycles. The summed E-state index contributed by atoms with van der Waals surface area (Å²) in [5, 5.41) is 6.21. The molecular formula is C21H12F6N4O2. The number of carbonyl (C=O) groups is 1. The Kier molecular flexibility index (Phi) is 5.44. The molecule has 0 unspecified atom stereocenters. The molecule has 4 rings (SSSR count). The Labute approximate surface area is 181 Å². The molecule has 0 bridgehead atoms. The van der Waals surface area contributed by atoms with Crippen LogP contribution in [0.2, 0.25) is 0 Å². The topological polar surface area (TPSA) is 73.0 Å². The number of alkyl halides is 6. The van der Waals surface area contributed by atoms with Crippen molar-refractivity contribution < 1.29 is 35.6 Å². The van der Waals surface area contributed by atoms with Gasteiger partial charge >= 0.3 is 12.4 Å². The number of benzene rings is 1. The van der Waals surface area contributed by atoms with Crippen molar-refractivity contribution in [2.24, 2.45) is 0 Å². The molecule has 12 heteroatoms. The highest BCUT2D eigenvalue weighted by atomic mass is 19.4. The second-order valence-corrected chi connectivity index (χ2v) is 6.79. The molecule has 0 aliphatic carbocycles. The molecule has 0 fully saturated rings. The van der Waals surface area contributed by atoms with Crippen LogP contribution in [0.1, 0.15) is 21.5 Å². The van der Waals surface area contributed by atoms with E-state index in [1.165, 1.54) is 24.7 Å². The summed E-state index contributed by atoms with van der Waals surface area (Å²) in [5.74, 6) is -0.147. The highest BCUT2D eigenvalue weighted by Gasteiger charge is 2.38. The number of hydrogen-bond acceptors (Lipinski definition) is 4. The van der Waals surface area contributed by atoms with Gasteiger partial charge in [0.2, 0.25) is 0 Å². The summed E-state index contributed by atoms with van der Waals surface area (Å²) in [5.41, 5.74) is -2.89. The highest BCUT2D eigenvalue weighted by molar-refractivity contribution is 6.04. The van der Waals surface area contributed by atoms with Gasteiger partial charge in [0.1, 0.15) is 5.76 Å². The number of rotatable bonds is 4. The number of pyridine rings is 1. The quantitative estimate of drug-likeness (QED) is 0.385. The van der Waals surface area contributed by atoms with E-state index in [1.54, 1.807) is 12.1 Å². The van der Waals surface area contributed by atoms with Gasteiger partial charge in [-0.2, -0.15) is 31.4 Å². The van der Waals surface area contributed by atoms with Crippen molar-refractivity contribution in [1.82, 2.24) is 14.8 Å². The lowest BCUT2D eigenvalue weighted by Crippen LogP contribution is -2.15. The largest absolute Gasteiger partial charge is 0.464 e. The molecule has 3 heterocycles.